The third-order valence-electron chi connectivity index (χ3n) is 1.94. The van der Waals surface area contributed by atoms with Gasteiger partial charge in [0.1, 0.15) is 0 Å². The molecule has 0 saturated carbocycles. The van der Waals surface area contributed by atoms with E-state index in [1.54, 1.807) is 19.1 Å². The normalized spacial score (nSPS) is 12.5. The summed E-state index contributed by atoms with van der Waals surface area (Å²) < 4.78 is 4.91. The predicted octanol–water partition coefficient (Wildman–Crippen LogP) is -0.820. The molecular weight excluding hydrogens is 196 g/mol. The van der Waals surface area contributed by atoms with E-state index in [2.05, 4.69) is 9.97 Å². The maximum atomic E-state index is 11.4. The van der Waals surface area contributed by atoms with E-state index in [4.69, 9.17) is 10.5 Å². The van der Waals surface area contributed by atoms with Crippen molar-refractivity contribution in [3.8, 4) is 0 Å². The fraction of sp³-hybridized carbons (Fsp3) is 0.556. The van der Waals surface area contributed by atoms with Gasteiger partial charge in [0.2, 0.25) is 0 Å². The van der Waals surface area contributed by atoms with E-state index < -0.39 is 0 Å². The molecule has 0 spiro atoms. The average Bonchev–Trinajstić information content (AvgIpc) is 2.18. The van der Waals surface area contributed by atoms with Gasteiger partial charge in [-0.25, -0.2) is 4.98 Å². The second kappa shape index (κ2) is 5.47. The van der Waals surface area contributed by atoms with Crippen LogP contribution in [0.25, 0.3) is 0 Å². The fourth-order valence-electron chi connectivity index (χ4n) is 1.32. The van der Waals surface area contributed by atoms with Crippen LogP contribution in [0.5, 0.6) is 0 Å². The van der Waals surface area contributed by atoms with E-state index in [0.717, 1.165) is 0 Å². The molecule has 0 aliphatic heterocycles. The van der Waals surface area contributed by atoms with Crippen molar-refractivity contribution in [1.82, 2.24) is 9.97 Å². The first-order chi connectivity index (χ1) is 7.15. The smallest absolute Gasteiger partial charge is 0.290 e. The zero-order chi connectivity index (χ0) is 11.3. The molecule has 6 heteroatoms. The second-order valence-electron chi connectivity index (χ2n) is 3.34. The van der Waals surface area contributed by atoms with Crippen molar-refractivity contribution >= 4 is 5.82 Å². The van der Waals surface area contributed by atoms with Crippen LogP contribution in [0.4, 0.5) is 5.82 Å². The SMILES string of the molecule is COCC(N)CN(C)c1ncc[nH]c1=O. The quantitative estimate of drug-likeness (QED) is 0.666. The molecule has 3 N–H and O–H groups in total. The standard InChI is InChI=1S/C9H16N4O2/c1-13(5-7(10)6-15-2)8-9(14)12-4-3-11-8/h3-4,7H,5-6,10H2,1-2H3,(H,12,14). The lowest BCUT2D eigenvalue weighted by molar-refractivity contribution is 0.181. The van der Waals surface area contributed by atoms with Gasteiger partial charge >= 0.3 is 0 Å². The molecule has 0 aliphatic carbocycles. The summed E-state index contributed by atoms with van der Waals surface area (Å²) in [5.74, 6) is 0.365. The average molecular weight is 212 g/mol. The molecule has 1 unspecified atom stereocenters. The molecule has 6 nitrogen and oxygen atoms in total. The summed E-state index contributed by atoms with van der Waals surface area (Å²) in [6, 6.07) is -0.138. The first-order valence-electron chi connectivity index (χ1n) is 4.64. The van der Waals surface area contributed by atoms with E-state index in [1.807, 2.05) is 0 Å². The lowest BCUT2D eigenvalue weighted by atomic mass is 10.3. The number of methoxy groups -OCH3 is 1. The minimum atomic E-state index is -0.218. The number of nitrogens with zero attached hydrogens (tertiary/aromatic N) is 2. The predicted molar refractivity (Wildman–Crippen MR) is 58.0 cm³/mol. The lowest BCUT2D eigenvalue weighted by Crippen LogP contribution is -2.40. The number of ether oxygens (including phenoxy) is 1. The number of anilines is 1. The molecule has 1 heterocycles. The number of rotatable bonds is 5. The van der Waals surface area contributed by atoms with Gasteiger partial charge in [-0.3, -0.25) is 4.79 Å². The number of hydrogen-bond donors (Lipinski definition) is 2. The number of hydrogen-bond acceptors (Lipinski definition) is 5. The first kappa shape index (κ1) is 11.7. The molecule has 0 bridgehead atoms. The molecular formula is C9H16N4O2. The first-order valence-corrected chi connectivity index (χ1v) is 4.64. The van der Waals surface area contributed by atoms with Crippen molar-refractivity contribution in [2.75, 3.05) is 32.2 Å². The van der Waals surface area contributed by atoms with Gasteiger partial charge in [-0.2, -0.15) is 0 Å². The van der Waals surface area contributed by atoms with Crippen molar-refractivity contribution in [1.29, 1.82) is 0 Å². The summed E-state index contributed by atoms with van der Waals surface area (Å²) in [6.07, 6.45) is 3.03. The zero-order valence-electron chi connectivity index (χ0n) is 8.93. The van der Waals surface area contributed by atoms with Crippen molar-refractivity contribution in [3.63, 3.8) is 0 Å². The van der Waals surface area contributed by atoms with Crippen molar-refractivity contribution in [2.24, 2.45) is 5.73 Å². The van der Waals surface area contributed by atoms with Gasteiger partial charge < -0.3 is 20.4 Å². The van der Waals surface area contributed by atoms with E-state index in [0.29, 0.717) is 19.0 Å². The highest BCUT2D eigenvalue weighted by atomic mass is 16.5. The van der Waals surface area contributed by atoms with Crippen LogP contribution in [0.2, 0.25) is 0 Å². The molecule has 0 fully saturated rings. The third kappa shape index (κ3) is 3.34. The van der Waals surface area contributed by atoms with Crippen LogP contribution in [0.1, 0.15) is 0 Å². The topological polar surface area (TPSA) is 84.2 Å². The number of H-pyrrole nitrogens is 1. The molecule has 0 saturated heterocycles. The molecule has 0 aromatic carbocycles. The van der Waals surface area contributed by atoms with Crippen LogP contribution in [0.15, 0.2) is 17.2 Å². The zero-order valence-corrected chi connectivity index (χ0v) is 8.93. The van der Waals surface area contributed by atoms with E-state index in [1.165, 1.54) is 12.4 Å². The molecule has 15 heavy (non-hydrogen) atoms. The molecule has 0 radical (unpaired) electrons. The summed E-state index contributed by atoms with van der Waals surface area (Å²) in [5.41, 5.74) is 5.55. The Labute approximate surface area is 88.1 Å². The highest BCUT2D eigenvalue weighted by Crippen LogP contribution is 1.99. The molecule has 1 atom stereocenters. The van der Waals surface area contributed by atoms with Gasteiger partial charge in [-0.1, -0.05) is 0 Å². The maximum Gasteiger partial charge on any atom is 0.290 e. The van der Waals surface area contributed by atoms with E-state index in [-0.39, 0.29) is 11.6 Å². The van der Waals surface area contributed by atoms with Crippen LogP contribution in [-0.4, -0.2) is 43.3 Å². The third-order valence-corrected chi connectivity index (χ3v) is 1.94. The van der Waals surface area contributed by atoms with Crippen LogP contribution >= 0.6 is 0 Å². The Hall–Kier alpha value is -1.40. The number of likely N-dealkylation sites (N-methyl/N-ethyl adjacent to an activating group) is 1. The minimum absolute atomic E-state index is 0.138. The van der Waals surface area contributed by atoms with E-state index >= 15 is 0 Å². The summed E-state index contributed by atoms with van der Waals surface area (Å²) >= 11 is 0. The van der Waals surface area contributed by atoms with Gasteiger partial charge in [0.15, 0.2) is 5.82 Å². The Bertz CT molecular complexity index is 352. The van der Waals surface area contributed by atoms with E-state index in [9.17, 15) is 4.79 Å². The number of aromatic amines is 1. The van der Waals surface area contributed by atoms with Crippen LogP contribution < -0.4 is 16.2 Å². The summed E-state index contributed by atoms with van der Waals surface area (Å²) in [6.45, 7) is 0.975. The summed E-state index contributed by atoms with van der Waals surface area (Å²) in [5, 5.41) is 0. The minimum Gasteiger partial charge on any atom is -0.383 e. The number of nitrogens with one attached hydrogen (secondary N) is 1. The fourth-order valence-corrected chi connectivity index (χ4v) is 1.32. The highest BCUT2D eigenvalue weighted by molar-refractivity contribution is 5.33. The van der Waals surface area contributed by atoms with Crippen molar-refractivity contribution in [2.45, 2.75) is 6.04 Å². The second-order valence-corrected chi connectivity index (χ2v) is 3.34. The molecule has 1 aromatic heterocycles. The monoisotopic (exact) mass is 212 g/mol. The Morgan fingerprint density at radius 3 is 3.07 bits per heavy atom. The van der Waals surface area contributed by atoms with Gasteiger partial charge in [0.05, 0.1) is 6.61 Å². The Kier molecular flexibility index (Phi) is 4.26. The summed E-state index contributed by atoms with van der Waals surface area (Å²) in [7, 11) is 3.36. The lowest BCUT2D eigenvalue weighted by Gasteiger charge is -2.20. The number of nitrogens with two attached hydrogens (primary N) is 1. The largest absolute Gasteiger partial charge is 0.383 e. The van der Waals surface area contributed by atoms with Gasteiger partial charge in [-0.15, -0.1) is 0 Å². The Balaban J connectivity index is 2.65. The molecule has 0 aliphatic rings. The van der Waals surface area contributed by atoms with Gasteiger partial charge in [0.25, 0.3) is 5.56 Å². The Morgan fingerprint density at radius 2 is 2.47 bits per heavy atom. The number of aromatic nitrogens is 2. The van der Waals surface area contributed by atoms with Crippen molar-refractivity contribution < 1.29 is 4.74 Å². The van der Waals surface area contributed by atoms with Gasteiger partial charge in [0, 0.05) is 39.1 Å². The summed E-state index contributed by atoms with van der Waals surface area (Å²) in [4.78, 5) is 19.6. The van der Waals surface area contributed by atoms with Gasteiger partial charge in [-0.05, 0) is 0 Å². The van der Waals surface area contributed by atoms with Crippen LogP contribution in [0.3, 0.4) is 0 Å². The maximum absolute atomic E-state index is 11.4. The highest BCUT2D eigenvalue weighted by Gasteiger charge is 2.10. The Morgan fingerprint density at radius 1 is 1.73 bits per heavy atom. The van der Waals surface area contributed by atoms with Crippen LogP contribution in [0, 0.1) is 0 Å². The molecule has 84 valence electrons. The molecule has 1 rings (SSSR count). The molecule has 1 aromatic rings. The van der Waals surface area contributed by atoms with Crippen LogP contribution in [-0.2, 0) is 4.74 Å². The van der Waals surface area contributed by atoms with Crippen molar-refractivity contribution in [3.05, 3.63) is 22.7 Å². The molecule has 0 amide bonds.